The summed E-state index contributed by atoms with van der Waals surface area (Å²) in [5, 5.41) is 12.6. The van der Waals surface area contributed by atoms with E-state index in [1.54, 1.807) is 6.07 Å². The van der Waals surface area contributed by atoms with Crippen molar-refractivity contribution in [1.29, 1.82) is 0 Å². The van der Waals surface area contributed by atoms with Gasteiger partial charge in [-0.3, -0.25) is 9.36 Å². The number of pyridine rings is 1. The summed E-state index contributed by atoms with van der Waals surface area (Å²) in [5.74, 6) is 0.860. The van der Waals surface area contributed by atoms with E-state index in [0.29, 0.717) is 15.2 Å². The monoisotopic (exact) mass is 490 g/mol. The number of rotatable bonds is 6. The van der Waals surface area contributed by atoms with Gasteiger partial charge in [-0.2, -0.15) is 0 Å². The van der Waals surface area contributed by atoms with Gasteiger partial charge in [0.2, 0.25) is 11.9 Å². The number of carbonyl (C=O) groups excluding carboxylic acids is 1. The third kappa shape index (κ3) is 5.19. The van der Waals surface area contributed by atoms with Crippen molar-refractivity contribution in [2.45, 2.75) is 43.5 Å². The highest BCUT2D eigenvalue weighted by molar-refractivity contribution is 8.00. The van der Waals surface area contributed by atoms with Gasteiger partial charge in [0, 0.05) is 19.3 Å². The molecule has 1 aromatic carbocycles. The molecule has 32 heavy (non-hydrogen) atoms. The Balaban J connectivity index is 1.58. The number of nitrogens with one attached hydrogen (secondary N) is 1. The quantitative estimate of drug-likeness (QED) is 0.466. The van der Waals surface area contributed by atoms with Crippen LogP contribution in [0.4, 0.5) is 11.8 Å². The highest BCUT2D eigenvalue weighted by Crippen LogP contribution is 2.31. The molecule has 1 amide bonds. The van der Waals surface area contributed by atoms with Crippen LogP contribution < -0.4 is 10.2 Å². The standard InChI is InChI=1S/C22H24Cl2N6OS/c1-14-6-8-17(9-7-14)30-21(29-10-4-3-5-11-29)27-28-22(30)32-15(2)20(31)26-19-18(24)12-16(23)13-25-19/h6-9,12-13,15H,3-5,10-11H2,1-2H3,(H,25,26,31). The molecule has 0 spiro atoms. The number of nitrogens with zero attached hydrogens (tertiary/aromatic N) is 5. The number of aryl methyl sites for hydroxylation is 1. The molecule has 1 aliphatic rings. The second kappa shape index (κ2) is 10.1. The van der Waals surface area contributed by atoms with Crippen molar-refractivity contribution in [2.24, 2.45) is 0 Å². The maximum atomic E-state index is 12.8. The second-order valence-electron chi connectivity index (χ2n) is 7.73. The van der Waals surface area contributed by atoms with Crippen molar-refractivity contribution in [2.75, 3.05) is 23.3 Å². The molecule has 1 unspecified atom stereocenters. The molecular weight excluding hydrogens is 467 g/mol. The van der Waals surface area contributed by atoms with Crippen LogP contribution in [-0.4, -0.2) is 44.0 Å². The van der Waals surface area contributed by atoms with E-state index in [-0.39, 0.29) is 11.7 Å². The first kappa shape index (κ1) is 22.9. The van der Waals surface area contributed by atoms with Crippen molar-refractivity contribution in [3.05, 3.63) is 52.1 Å². The zero-order chi connectivity index (χ0) is 22.7. The minimum absolute atomic E-state index is 0.232. The number of carbonyl (C=O) groups is 1. The Morgan fingerprint density at radius 1 is 1.12 bits per heavy atom. The Hall–Kier alpha value is -2.29. The van der Waals surface area contributed by atoms with Gasteiger partial charge in [-0.05, 0) is 51.3 Å². The van der Waals surface area contributed by atoms with Crippen LogP contribution in [0.3, 0.4) is 0 Å². The maximum absolute atomic E-state index is 12.8. The summed E-state index contributed by atoms with van der Waals surface area (Å²) in [6, 6.07) is 9.78. The van der Waals surface area contributed by atoms with E-state index in [9.17, 15) is 4.79 Å². The zero-order valence-corrected chi connectivity index (χ0v) is 20.2. The first-order valence-corrected chi connectivity index (χ1v) is 12.1. The third-order valence-electron chi connectivity index (χ3n) is 5.25. The van der Waals surface area contributed by atoms with Gasteiger partial charge >= 0.3 is 0 Å². The van der Waals surface area contributed by atoms with Crippen LogP contribution in [-0.2, 0) is 4.79 Å². The number of halogens is 2. The van der Waals surface area contributed by atoms with Crippen molar-refractivity contribution < 1.29 is 4.79 Å². The van der Waals surface area contributed by atoms with Crippen LogP contribution in [0.2, 0.25) is 10.0 Å². The van der Waals surface area contributed by atoms with Gasteiger partial charge in [0.25, 0.3) is 0 Å². The van der Waals surface area contributed by atoms with Gasteiger partial charge < -0.3 is 10.2 Å². The molecule has 3 aromatic rings. The Morgan fingerprint density at radius 3 is 2.53 bits per heavy atom. The number of hydrogen-bond donors (Lipinski definition) is 1. The number of piperidine rings is 1. The lowest BCUT2D eigenvalue weighted by Gasteiger charge is -2.28. The normalized spacial score (nSPS) is 14.9. The molecule has 0 aliphatic carbocycles. The highest BCUT2D eigenvalue weighted by Gasteiger charge is 2.25. The average molecular weight is 491 g/mol. The summed E-state index contributed by atoms with van der Waals surface area (Å²) >= 11 is 13.4. The number of hydrogen-bond acceptors (Lipinski definition) is 6. The number of anilines is 2. The lowest BCUT2D eigenvalue weighted by molar-refractivity contribution is -0.115. The molecular formula is C22H24Cl2N6OS. The molecule has 1 saturated heterocycles. The predicted octanol–water partition coefficient (Wildman–Crippen LogP) is 5.39. The Morgan fingerprint density at radius 2 is 1.84 bits per heavy atom. The summed E-state index contributed by atoms with van der Waals surface area (Å²) in [6.45, 7) is 5.77. The molecule has 1 N–H and O–H groups in total. The van der Waals surface area contributed by atoms with E-state index in [2.05, 4.69) is 56.6 Å². The van der Waals surface area contributed by atoms with Gasteiger partial charge in [-0.1, -0.05) is 52.7 Å². The summed E-state index contributed by atoms with van der Waals surface area (Å²) in [7, 11) is 0. The van der Waals surface area contributed by atoms with Crippen LogP contribution in [0.25, 0.3) is 5.69 Å². The molecule has 2 aromatic heterocycles. The number of amides is 1. The number of thioether (sulfide) groups is 1. The van der Waals surface area contributed by atoms with Gasteiger partial charge in [0.05, 0.1) is 21.0 Å². The summed E-state index contributed by atoms with van der Waals surface area (Å²) in [6.07, 6.45) is 4.95. The predicted molar refractivity (Wildman–Crippen MR) is 130 cm³/mol. The van der Waals surface area contributed by atoms with E-state index in [4.69, 9.17) is 23.2 Å². The van der Waals surface area contributed by atoms with Gasteiger partial charge in [0.1, 0.15) is 0 Å². The molecule has 168 valence electrons. The lowest BCUT2D eigenvalue weighted by atomic mass is 10.1. The molecule has 0 bridgehead atoms. The molecule has 10 heteroatoms. The third-order valence-corrected chi connectivity index (χ3v) is 6.79. The molecule has 1 fully saturated rings. The zero-order valence-electron chi connectivity index (χ0n) is 17.9. The Kier molecular flexibility index (Phi) is 7.23. The van der Waals surface area contributed by atoms with E-state index in [1.807, 2.05) is 11.5 Å². The minimum Gasteiger partial charge on any atom is -0.341 e. The molecule has 0 saturated carbocycles. The Bertz CT molecular complexity index is 1100. The second-order valence-corrected chi connectivity index (χ2v) is 9.89. The molecule has 3 heterocycles. The fourth-order valence-electron chi connectivity index (χ4n) is 3.49. The lowest BCUT2D eigenvalue weighted by Crippen LogP contribution is -2.31. The van der Waals surface area contributed by atoms with Crippen molar-refractivity contribution in [3.8, 4) is 5.69 Å². The molecule has 1 atom stereocenters. The number of benzene rings is 1. The van der Waals surface area contributed by atoms with Crippen molar-refractivity contribution in [1.82, 2.24) is 19.7 Å². The van der Waals surface area contributed by atoms with Crippen LogP contribution in [0.15, 0.2) is 41.7 Å². The van der Waals surface area contributed by atoms with E-state index < -0.39 is 5.25 Å². The van der Waals surface area contributed by atoms with Crippen LogP contribution in [0.5, 0.6) is 0 Å². The smallest absolute Gasteiger partial charge is 0.238 e. The number of aromatic nitrogens is 4. The van der Waals surface area contributed by atoms with Gasteiger partial charge in [-0.15, -0.1) is 10.2 Å². The largest absolute Gasteiger partial charge is 0.341 e. The first-order valence-electron chi connectivity index (χ1n) is 10.5. The van der Waals surface area contributed by atoms with Gasteiger partial charge in [-0.25, -0.2) is 4.98 Å². The van der Waals surface area contributed by atoms with E-state index in [1.165, 1.54) is 29.9 Å². The highest BCUT2D eigenvalue weighted by atomic mass is 35.5. The molecule has 4 rings (SSSR count). The van der Waals surface area contributed by atoms with E-state index >= 15 is 0 Å². The first-order chi connectivity index (χ1) is 15.4. The van der Waals surface area contributed by atoms with Crippen LogP contribution in [0.1, 0.15) is 31.7 Å². The van der Waals surface area contributed by atoms with Gasteiger partial charge in [0.15, 0.2) is 11.0 Å². The summed E-state index contributed by atoms with van der Waals surface area (Å²) < 4.78 is 2.03. The summed E-state index contributed by atoms with van der Waals surface area (Å²) in [4.78, 5) is 19.2. The summed E-state index contributed by atoms with van der Waals surface area (Å²) in [5.41, 5.74) is 2.15. The SMILES string of the molecule is Cc1ccc(-n2c(SC(C)C(=O)Nc3ncc(Cl)cc3Cl)nnc2N2CCCCC2)cc1. The van der Waals surface area contributed by atoms with Crippen molar-refractivity contribution in [3.63, 3.8) is 0 Å². The van der Waals surface area contributed by atoms with Crippen LogP contribution >= 0.6 is 35.0 Å². The minimum atomic E-state index is -0.453. The van der Waals surface area contributed by atoms with E-state index in [0.717, 1.165) is 37.6 Å². The Labute approximate surface area is 201 Å². The molecule has 1 aliphatic heterocycles. The average Bonchev–Trinajstić information content (AvgIpc) is 3.20. The fourth-order valence-corrected chi connectivity index (χ4v) is 4.78. The molecule has 7 nitrogen and oxygen atoms in total. The van der Waals surface area contributed by atoms with Crippen molar-refractivity contribution >= 4 is 52.6 Å². The molecule has 0 radical (unpaired) electrons. The fraction of sp³-hybridized carbons (Fsp3) is 0.364. The topological polar surface area (TPSA) is 75.9 Å². The van der Waals surface area contributed by atoms with Crippen LogP contribution in [0, 0.1) is 6.92 Å². The maximum Gasteiger partial charge on any atom is 0.238 e.